The summed E-state index contributed by atoms with van der Waals surface area (Å²) in [4.78, 5) is 22.1. The maximum Gasteiger partial charge on any atom is 0.334 e. The molecule has 0 aromatic carbocycles. The molecule has 0 bridgehead atoms. The van der Waals surface area contributed by atoms with Gasteiger partial charge in [-0.05, 0) is 10.8 Å². The lowest BCUT2D eigenvalue weighted by Crippen LogP contribution is -2.38. The van der Waals surface area contributed by atoms with Crippen LogP contribution in [0.15, 0.2) is 0 Å². The summed E-state index contributed by atoms with van der Waals surface area (Å²) in [6.45, 7) is 7.78. The van der Waals surface area contributed by atoms with Gasteiger partial charge in [-0.3, -0.25) is 4.79 Å². The summed E-state index contributed by atoms with van der Waals surface area (Å²) in [6, 6.07) is 0. The molecule has 0 radical (unpaired) electrons. The van der Waals surface area contributed by atoms with Gasteiger partial charge in [-0.2, -0.15) is 0 Å². The molecule has 0 aromatic rings. The largest absolute Gasteiger partial charge is 0.479 e. The fourth-order valence-corrected chi connectivity index (χ4v) is 2.24. The molecule has 5 heteroatoms. The normalized spacial score (nSPS) is 23.6. The van der Waals surface area contributed by atoms with Crippen molar-refractivity contribution in [3.05, 3.63) is 0 Å². The Labute approximate surface area is 94.8 Å². The molecule has 3 N–H and O–H groups in total. The van der Waals surface area contributed by atoms with E-state index in [-0.39, 0.29) is 29.2 Å². The first-order chi connectivity index (χ1) is 7.12. The van der Waals surface area contributed by atoms with Crippen LogP contribution in [-0.2, 0) is 9.59 Å². The zero-order valence-corrected chi connectivity index (χ0v) is 10.1. The number of nitrogens with one attached hydrogen (secondary N) is 1. The summed E-state index contributed by atoms with van der Waals surface area (Å²) in [5.74, 6) is -1.63. The van der Waals surface area contributed by atoms with Crippen molar-refractivity contribution in [3.63, 3.8) is 0 Å². The van der Waals surface area contributed by atoms with Crippen LogP contribution in [-0.4, -0.2) is 34.7 Å². The van der Waals surface area contributed by atoms with Crippen molar-refractivity contribution in [3.8, 4) is 0 Å². The van der Waals surface area contributed by atoms with Gasteiger partial charge in [-0.15, -0.1) is 0 Å². The third-order valence-electron chi connectivity index (χ3n) is 4.04. The first-order valence-electron chi connectivity index (χ1n) is 5.31. The second kappa shape index (κ2) is 3.73. The monoisotopic (exact) mass is 229 g/mol. The topological polar surface area (TPSA) is 86.6 Å². The van der Waals surface area contributed by atoms with E-state index in [1.54, 1.807) is 0 Å². The molecule has 92 valence electrons. The predicted molar refractivity (Wildman–Crippen MR) is 57.7 cm³/mol. The number of carbonyl (C=O) groups excluding carboxylic acids is 1. The zero-order valence-electron chi connectivity index (χ0n) is 10.1. The standard InChI is InChI=1S/C11H19NO4/c1-10(2)7(11(10,3)4)8(14)12-5-6(13)9(15)16/h6-7,13H,5H2,1-4H3,(H,12,14)(H,15,16)/t6-/m0/s1. The Kier molecular flexibility index (Phi) is 3.02. The van der Waals surface area contributed by atoms with Crippen molar-refractivity contribution < 1.29 is 19.8 Å². The lowest BCUT2D eigenvalue weighted by molar-refractivity contribution is -0.146. The van der Waals surface area contributed by atoms with Gasteiger partial charge in [0.05, 0.1) is 6.54 Å². The number of carbonyl (C=O) groups is 2. The van der Waals surface area contributed by atoms with Crippen molar-refractivity contribution in [1.29, 1.82) is 0 Å². The number of aliphatic carboxylic acids is 1. The zero-order chi connectivity index (χ0) is 12.7. The van der Waals surface area contributed by atoms with Crippen LogP contribution in [0.2, 0.25) is 0 Å². The fourth-order valence-electron chi connectivity index (χ4n) is 2.24. The molecular formula is C11H19NO4. The number of carboxylic acids is 1. The van der Waals surface area contributed by atoms with Gasteiger partial charge in [0.25, 0.3) is 0 Å². The minimum atomic E-state index is -1.53. The molecule has 5 nitrogen and oxygen atoms in total. The Morgan fingerprint density at radius 2 is 1.69 bits per heavy atom. The lowest BCUT2D eigenvalue weighted by Gasteiger charge is -2.08. The maximum atomic E-state index is 11.7. The highest BCUT2D eigenvalue weighted by Crippen LogP contribution is 2.68. The lowest BCUT2D eigenvalue weighted by atomic mass is 10.0. The van der Waals surface area contributed by atoms with Gasteiger partial charge in [0.2, 0.25) is 5.91 Å². The molecule has 0 aromatic heterocycles. The van der Waals surface area contributed by atoms with E-state index in [0.717, 1.165) is 0 Å². The van der Waals surface area contributed by atoms with Crippen molar-refractivity contribution in [1.82, 2.24) is 5.32 Å². The smallest absolute Gasteiger partial charge is 0.334 e. The van der Waals surface area contributed by atoms with E-state index in [9.17, 15) is 9.59 Å². The average molecular weight is 229 g/mol. The van der Waals surface area contributed by atoms with Gasteiger partial charge in [-0.25, -0.2) is 4.79 Å². The molecule has 0 saturated heterocycles. The van der Waals surface area contributed by atoms with Crippen LogP contribution in [0.1, 0.15) is 27.7 Å². The molecule has 1 amide bonds. The van der Waals surface area contributed by atoms with E-state index >= 15 is 0 Å². The highest BCUT2D eigenvalue weighted by molar-refractivity contribution is 5.84. The first-order valence-corrected chi connectivity index (χ1v) is 5.31. The Morgan fingerprint density at radius 1 is 1.25 bits per heavy atom. The molecule has 0 heterocycles. The Bertz CT molecular complexity index is 308. The highest BCUT2D eigenvalue weighted by Gasteiger charge is 2.68. The van der Waals surface area contributed by atoms with Gasteiger partial charge in [0.15, 0.2) is 6.10 Å². The molecular weight excluding hydrogens is 210 g/mol. The van der Waals surface area contributed by atoms with E-state index in [0.29, 0.717) is 0 Å². The first kappa shape index (κ1) is 13.0. The molecule has 0 unspecified atom stereocenters. The molecule has 1 atom stereocenters. The maximum absolute atomic E-state index is 11.7. The average Bonchev–Trinajstić information content (AvgIpc) is 2.53. The molecule has 0 spiro atoms. The number of hydrogen-bond donors (Lipinski definition) is 3. The van der Waals surface area contributed by atoms with Crippen LogP contribution >= 0.6 is 0 Å². The highest BCUT2D eigenvalue weighted by atomic mass is 16.4. The molecule has 1 aliphatic carbocycles. The van der Waals surface area contributed by atoms with Crippen LogP contribution in [0.25, 0.3) is 0 Å². The van der Waals surface area contributed by atoms with Crippen LogP contribution in [0.3, 0.4) is 0 Å². The Morgan fingerprint density at radius 3 is 2.00 bits per heavy atom. The number of amides is 1. The molecule has 0 aliphatic heterocycles. The Hall–Kier alpha value is -1.10. The third-order valence-corrected chi connectivity index (χ3v) is 4.04. The molecule has 1 rings (SSSR count). The van der Waals surface area contributed by atoms with E-state index < -0.39 is 12.1 Å². The van der Waals surface area contributed by atoms with Crippen molar-refractivity contribution in [2.75, 3.05) is 6.54 Å². The number of hydrogen-bond acceptors (Lipinski definition) is 3. The van der Waals surface area contributed by atoms with Gasteiger partial charge in [0, 0.05) is 5.92 Å². The molecule has 16 heavy (non-hydrogen) atoms. The van der Waals surface area contributed by atoms with Crippen molar-refractivity contribution in [2.24, 2.45) is 16.7 Å². The van der Waals surface area contributed by atoms with E-state index in [4.69, 9.17) is 10.2 Å². The van der Waals surface area contributed by atoms with Gasteiger partial charge < -0.3 is 15.5 Å². The number of carboxylic acid groups (broad SMARTS) is 1. The molecule has 1 aliphatic rings. The van der Waals surface area contributed by atoms with Crippen LogP contribution < -0.4 is 5.32 Å². The summed E-state index contributed by atoms with van der Waals surface area (Å²) in [5, 5.41) is 19.9. The number of aliphatic hydroxyl groups is 1. The van der Waals surface area contributed by atoms with E-state index in [1.807, 2.05) is 27.7 Å². The second-order valence-electron chi connectivity index (χ2n) is 5.48. The molecule has 1 saturated carbocycles. The number of rotatable bonds is 4. The predicted octanol–water partition coefficient (Wildman–Crippen LogP) is 0.230. The van der Waals surface area contributed by atoms with Gasteiger partial charge in [0.1, 0.15) is 0 Å². The summed E-state index contributed by atoms with van der Waals surface area (Å²) in [6.07, 6.45) is -1.53. The number of aliphatic hydroxyl groups excluding tert-OH is 1. The van der Waals surface area contributed by atoms with Crippen LogP contribution in [0, 0.1) is 16.7 Å². The van der Waals surface area contributed by atoms with Gasteiger partial charge in [-0.1, -0.05) is 27.7 Å². The van der Waals surface area contributed by atoms with Crippen molar-refractivity contribution in [2.45, 2.75) is 33.8 Å². The minimum absolute atomic E-state index is 0.0781. The Balaban J connectivity index is 2.48. The molecule has 1 fully saturated rings. The second-order valence-corrected chi connectivity index (χ2v) is 5.48. The SMILES string of the molecule is CC1(C)C(C(=O)NC[C@H](O)C(=O)O)C1(C)C. The van der Waals surface area contributed by atoms with E-state index in [2.05, 4.69) is 5.32 Å². The summed E-state index contributed by atoms with van der Waals surface area (Å²) >= 11 is 0. The van der Waals surface area contributed by atoms with E-state index in [1.165, 1.54) is 0 Å². The van der Waals surface area contributed by atoms with Crippen LogP contribution in [0.5, 0.6) is 0 Å². The fraction of sp³-hybridized carbons (Fsp3) is 0.818. The summed E-state index contributed by atoms with van der Waals surface area (Å²) < 4.78 is 0. The van der Waals surface area contributed by atoms with Crippen LogP contribution in [0.4, 0.5) is 0 Å². The minimum Gasteiger partial charge on any atom is -0.479 e. The quantitative estimate of drug-likeness (QED) is 0.644. The van der Waals surface area contributed by atoms with Crippen molar-refractivity contribution >= 4 is 11.9 Å². The summed E-state index contributed by atoms with van der Waals surface area (Å²) in [7, 11) is 0. The van der Waals surface area contributed by atoms with Gasteiger partial charge >= 0.3 is 5.97 Å². The summed E-state index contributed by atoms with van der Waals surface area (Å²) in [5.41, 5.74) is -0.156. The third kappa shape index (κ3) is 1.91.